The van der Waals surface area contributed by atoms with Crippen molar-refractivity contribution >= 4 is 17.5 Å². The minimum Gasteiger partial charge on any atom is -0.497 e. The summed E-state index contributed by atoms with van der Waals surface area (Å²) in [5.74, 6) is -2.88. The van der Waals surface area contributed by atoms with Crippen LogP contribution in [0.3, 0.4) is 0 Å². The molecule has 112 valence electrons. The summed E-state index contributed by atoms with van der Waals surface area (Å²) in [5, 5.41) is 10.2. The molecule has 0 fully saturated rings. The van der Waals surface area contributed by atoms with Crippen molar-refractivity contribution in [2.75, 3.05) is 7.11 Å². The molecule has 6 nitrogen and oxygen atoms in total. The summed E-state index contributed by atoms with van der Waals surface area (Å²) in [6.07, 6.45) is 1.51. The maximum atomic E-state index is 12.3. The maximum Gasteiger partial charge on any atom is 0.310 e. The molecule has 1 rings (SSSR count). The first kappa shape index (κ1) is 16.4. The molecule has 6 heteroatoms. The Hall–Kier alpha value is -1.69. The molecule has 0 aliphatic heterocycles. The summed E-state index contributed by atoms with van der Waals surface area (Å²) in [6, 6.07) is 0. The van der Waals surface area contributed by atoms with Gasteiger partial charge in [0.15, 0.2) is 5.60 Å². The van der Waals surface area contributed by atoms with E-state index in [9.17, 15) is 19.5 Å². The molecule has 1 aliphatic rings. The smallest absolute Gasteiger partial charge is 0.310 e. The van der Waals surface area contributed by atoms with Gasteiger partial charge in [-0.15, -0.1) is 0 Å². The van der Waals surface area contributed by atoms with Crippen LogP contribution in [0, 0.1) is 5.92 Å². The molecule has 1 N–H and O–H groups in total. The summed E-state index contributed by atoms with van der Waals surface area (Å²) < 4.78 is 9.93. The third-order valence-corrected chi connectivity index (χ3v) is 3.63. The third-order valence-electron chi connectivity index (χ3n) is 3.63. The van der Waals surface area contributed by atoms with E-state index in [2.05, 4.69) is 0 Å². The molecular formula is C14H20O6. The zero-order valence-corrected chi connectivity index (χ0v) is 12.4. The highest BCUT2D eigenvalue weighted by molar-refractivity contribution is 6.21. The Morgan fingerprint density at radius 1 is 1.40 bits per heavy atom. The normalized spacial score (nSPS) is 31.6. The van der Waals surface area contributed by atoms with Crippen molar-refractivity contribution in [1.29, 1.82) is 0 Å². The van der Waals surface area contributed by atoms with E-state index in [1.54, 1.807) is 13.8 Å². The Bertz CT molecular complexity index is 476. The van der Waals surface area contributed by atoms with E-state index in [4.69, 9.17) is 9.47 Å². The van der Waals surface area contributed by atoms with E-state index >= 15 is 0 Å². The van der Waals surface area contributed by atoms with Crippen LogP contribution in [-0.2, 0) is 23.9 Å². The van der Waals surface area contributed by atoms with Crippen LogP contribution in [0.4, 0.5) is 0 Å². The minimum absolute atomic E-state index is 0.162. The molecule has 20 heavy (non-hydrogen) atoms. The zero-order valence-electron chi connectivity index (χ0n) is 12.4. The molecule has 0 bridgehead atoms. The van der Waals surface area contributed by atoms with Gasteiger partial charge in [0.1, 0.15) is 5.76 Å². The fraction of sp³-hybridized carbons (Fsp3) is 0.643. The first-order valence-corrected chi connectivity index (χ1v) is 6.42. The van der Waals surface area contributed by atoms with Crippen LogP contribution >= 0.6 is 0 Å². The number of rotatable bonds is 4. The summed E-state index contributed by atoms with van der Waals surface area (Å²) in [4.78, 5) is 36.2. The second-order valence-electron chi connectivity index (χ2n) is 5.24. The second-order valence-corrected chi connectivity index (χ2v) is 5.24. The van der Waals surface area contributed by atoms with Gasteiger partial charge in [-0.1, -0.05) is 13.8 Å². The zero-order chi connectivity index (χ0) is 15.7. The molecule has 0 spiro atoms. The van der Waals surface area contributed by atoms with Crippen molar-refractivity contribution in [1.82, 2.24) is 0 Å². The first-order chi connectivity index (χ1) is 9.11. The van der Waals surface area contributed by atoms with Gasteiger partial charge in [0, 0.05) is 6.08 Å². The third kappa shape index (κ3) is 2.47. The van der Waals surface area contributed by atoms with Gasteiger partial charge in [-0.2, -0.15) is 0 Å². The van der Waals surface area contributed by atoms with E-state index in [1.165, 1.54) is 21.0 Å². The van der Waals surface area contributed by atoms with E-state index in [1.807, 2.05) is 0 Å². The molecule has 0 saturated heterocycles. The number of methoxy groups -OCH3 is 1. The van der Waals surface area contributed by atoms with Crippen molar-refractivity contribution in [3.05, 3.63) is 11.8 Å². The topological polar surface area (TPSA) is 89.9 Å². The van der Waals surface area contributed by atoms with Gasteiger partial charge < -0.3 is 14.6 Å². The lowest BCUT2D eigenvalue weighted by molar-refractivity contribution is -0.180. The molecule has 3 atom stereocenters. The predicted molar refractivity (Wildman–Crippen MR) is 69.7 cm³/mol. The van der Waals surface area contributed by atoms with Crippen LogP contribution in [0.5, 0.6) is 0 Å². The molecular weight excluding hydrogens is 264 g/mol. The van der Waals surface area contributed by atoms with Crippen LogP contribution in [-0.4, -0.2) is 41.0 Å². The van der Waals surface area contributed by atoms with Crippen molar-refractivity contribution in [3.63, 3.8) is 0 Å². The monoisotopic (exact) mass is 284 g/mol. The highest BCUT2D eigenvalue weighted by atomic mass is 16.6. The van der Waals surface area contributed by atoms with Crippen LogP contribution in [0.1, 0.15) is 34.1 Å². The fourth-order valence-corrected chi connectivity index (χ4v) is 1.91. The summed E-state index contributed by atoms with van der Waals surface area (Å²) >= 11 is 0. The number of esters is 1. The lowest BCUT2D eigenvalue weighted by Gasteiger charge is -2.37. The molecule has 0 unspecified atom stereocenters. The number of Topliss-reactive ketones (excluding diaryl/α,β-unsaturated/α-hetero) is 1. The largest absolute Gasteiger partial charge is 0.497 e. The van der Waals surface area contributed by atoms with Gasteiger partial charge in [0.2, 0.25) is 17.2 Å². The predicted octanol–water partition coefficient (Wildman–Crippen LogP) is 0.767. The van der Waals surface area contributed by atoms with Crippen molar-refractivity contribution in [3.8, 4) is 0 Å². The first-order valence-electron chi connectivity index (χ1n) is 6.42. The number of aliphatic hydroxyl groups is 1. The van der Waals surface area contributed by atoms with Crippen molar-refractivity contribution in [2.24, 2.45) is 5.92 Å². The maximum absolute atomic E-state index is 12.3. The van der Waals surface area contributed by atoms with Crippen LogP contribution in [0.25, 0.3) is 0 Å². The SMILES string of the molecule is CC[C@@H](C)C(=O)O[C@]1(C)C(=O)C=C(OC)[C@@](C)(O)C1=O. The van der Waals surface area contributed by atoms with Gasteiger partial charge in [-0.25, -0.2) is 0 Å². The Morgan fingerprint density at radius 2 is 1.95 bits per heavy atom. The Labute approximate surface area is 117 Å². The van der Waals surface area contributed by atoms with Gasteiger partial charge >= 0.3 is 5.97 Å². The summed E-state index contributed by atoms with van der Waals surface area (Å²) in [6.45, 7) is 5.82. The molecule has 0 radical (unpaired) electrons. The van der Waals surface area contributed by atoms with Gasteiger partial charge in [-0.05, 0) is 20.3 Å². The molecule has 1 aliphatic carbocycles. The van der Waals surface area contributed by atoms with E-state index in [0.29, 0.717) is 6.42 Å². The molecule has 0 aromatic carbocycles. The van der Waals surface area contributed by atoms with Gasteiger partial charge in [0.05, 0.1) is 13.0 Å². The van der Waals surface area contributed by atoms with Crippen molar-refractivity contribution < 1.29 is 29.0 Å². The van der Waals surface area contributed by atoms with Crippen LogP contribution < -0.4 is 0 Å². The number of hydrogen-bond acceptors (Lipinski definition) is 6. The lowest BCUT2D eigenvalue weighted by atomic mass is 9.78. The number of carbonyl (C=O) groups excluding carboxylic acids is 3. The summed E-state index contributed by atoms with van der Waals surface area (Å²) in [7, 11) is 1.24. The lowest BCUT2D eigenvalue weighted by Crippen LogP contribution is -2.60. The van der Waals surface area contributed by atoms with E-state index < -0.39 is 34.7 Å². The summed E-state index contributed by atoms with van der Waals surface area (Å²) in [5.41, 5.74) is -4.03. The Kier molecular flexibility index (Phi) is 4.39. The number of hydrogen-bond donors (Lipinski definition) is 1. The van der Waals surface area contributed by atoms with Gasteiger partial charge in [0.25, 0.3) is 0 Å². The average Bonchev–Trinajstić information content (AvgIpc) is 2.40. The average molecular weight is 284 g/mol. The quantitative estimate of drug-likeness (QED) is 0.605. The highest BCUT2D eigenvalue weighted by Crippen LogP contribution is 2.33. The second kappa shape index (κ2) is 5.36. The molecule has 0 amide bonds. The standard InChI is InChI=1S/C14H20O6/c1-6-8(2)11(16)20-14(4)9(15)7-10(19-5)13(3,18)12(14)17/h7-8,18H,6H2,1-5H3/t8-,13-,14-/m1/s1. The molecule has 0 saturated carbocycles. The fourth-order valence-electron chi connectivity index (χ4n) is 1.91. The van der Waals surface area contributed by atoms with Crippen LogP contribution in [0.2, 0.25) is 0 Å². The van der Waals surface area contributed by atoms with E-state index in [-0.39, 0.29) is 5.76 Å². The minimum atomic E-state index is -2.02. The molecule has 0 aromatic rings. The van der Waals surface area contributed by atoms with Crippen LogP contribution in [0.15, 0.2) is 11.8 Å². The van der Waals surface area contributed by atoms with E-state index in [0.717, 1.165) is 6.08 Å². The molecule has 0 heterocycles. The Morgan fingerprint density at radius 3 is 2.40 bits per heavy atom. The number of carbonyl (C=O) groups is 3. The highest BCUT2D eigenvalue weighted by Gasteiger charge is 2.57. The van der Waals surface area contributed by atoms with Crippen molar-refractivity contribution in [2.45, 2.75) is 45.3 Å². The Balaban J connectivity index is 3.18. The van der Waals surface area contributed by atoms with Gasteiger partial charge in [-0.3, -0.25) is 14.4 Å². The molecule has 0 aromatic heterocycles. The number of ketones is 2. The number of ether oxygens (including phenoxy) is 2.